The number of rotatable bonds is 8. The van der Waals surface area contributed by atoms with Crippen molar-refractivity contribution in [3.8, 4) is 0 Å². The number of likely N-dealkylation sites (tertiary alicyclic amines) is 1. The third-order valence-electron chi connectivity index (χ3n) is 6.46. The maximum atomic E-state index is 12.9. The molecular formula is C28H33N3O3S. The van der Waals surface area contributed by atoms with Gasteiger partial charge < -0.3 is 5.32 Å². The van der Waals surface area contributed by atoms with Crippen LogP contribution in [0.3, 0.4) is 0 Å². The first-order chi connectivity index (χ1) is 16.8. The summed E-state index contributed by atoms with van der Waals surface area (Å²) in [6.45, 7) is 7.30. The Kier molecular flexibility index (Phi) is 7.88. The lowest BCUT2D eigenvalue weighted by Gasteiger charge is -2.27. The fraction of sp³-hybridized carbons (Fsp3) is 0.321. The van der Waals surface area contributed by atoms with E-state index >= 15 is 0 Å². The minimum atomic E-state index is -3.70. The molecule has 3 aromatic carbocycles. The van der Waals surface area contributed by atoms with E-state index in [1.54, 1.807) is 49.4 Å². The van der Waals surface area contributed by atoms with Gasteiger partial charge in [-0.25, -0.2) is 8.42 Å². The van der Waals surface area contributed by atoms with Gasteiger partial charge >= 0.3 is 0 Å². The number of nitrogens with zero attached hydrogens (tertiary/aromatic N) is 1. The van der Waals surface area contributed by atoms with Crippen LogP contribution in [-0.2, 0) is 23.1 Å². The fourth-order valence-electron chi connectivity index (χ4n) is 4.36. The molecule has 0 atom stereocenters. The van der Waals surface area contributed by atoms with Crippen molar-refractivity contribution in [3.05, 3.63) is 94.5 Å². The summed E-state index contributed by atoms with van der Waals surface area (Å²) in [5.41, 5.74) is 4.98. The molecule has 0 aliphatic carbocycles. The first-order valence-electron chi connectivity index (χ1n) is 12.1. The van der Waals surface area contributed by atoms with Gasteiger partial charge in [0.2, 0.25) is 0 Å². The van der Waals surface area contributed by atoms with Crippen molar-refractivity contribution in [1.82, 2.24) is 10.2 Å². The number of nitrogens with one attached hydrogen (secondary N) is 2. The van der Waals surface area contributed by atoms with E-state index < -0.39 is 10.0 Å². The van der Waals surface area contributed by atoms with Gasteiger partial charge in [0.15, 0.2) is 0 Å². The third kappa shape index (κ3) is 6.50. The van der Waals surface area contributed by atoms with Gasteiger partial charge in [-0.15, -0.1) is 0 Å². The zero-order valence-corrected chi connectivity index (χ0v) is 21.2. The van der Waals surface area contributed by atoms with Gasteiger partial charge in [0.1, 0.15) is 0 Å². The molecule has 1 amide bonds. The second kappa shape index (κ2) is 11.1. The summed E-state index contributed by atoms with van der Waals surface area (Å²) < 4.78 is 28.1. The molecule has 0 aromatic heterocycles. The highest BCUT2D eigenvalue weighted by Crippen LogP contribution is 2.22. The molecule has 0 saturated carbocycles. The van der Waals surface area contributed by atoms with Crippen molar-refractivity contribution in [1.29, 1.82) is 0 Å². The second-order valence-corrected chi connectivity index (χ2v) is 10.9. The fourth-order valence-corrected chi connectivity index (χ4v) is 5.49. The van der Waals surface area contributed by atoms with E-state index in [0.717, 1.165) is 30.8 Å². The summed E-state index contributed by atoms with van der Waals surface area (Å²) >= 11 is 0. The number of aryl methyl sites for hydroxylation is 2. The van der Waals surface area contributed by atoms with Crippen LogP contribution in [-0.4, -0.2) is 32.3 Å². The lowest BCUT2D eigenvalue weighted by molar-refractivity contribution is 0.0950. The van der Waals surface area contributed by atoms with Crippen LogP contribution in [0.4, 0.5) is 5.69 Å². The van der Waals surface area contributed by atoms with Gasteiger partial charge in [-0.1, -0.05) is 48.4 Å². The van der Waals surface area contributed by atoms with Crippen LogP contribution < -0.4 is 10.0 Å². The van der Waals surface area contributed by atoms with E-state index in [1.807, 2.05) is 19.1 Å². The highest BCUT2D eigenvalue weighted by atomic mass is 32.2. The number of carbonyl (C=O) groups is 1. The molecule has 1 heterocycles. The zero-order valence-electron chi connectivity index (χ0n) is 20.4. The number of sulfonamides is 1. The monoisotopic (exact) mass is 491 g/mol. The van der Waals surface area contributed by atoms with E-state index in [0.29, 0.717) is 23.4 Å². The molecule has 0 radical (unpaired) electrons. The molecular weight excluding hydrogens is 458 g/mol. The normalized spacial score (nSPS) is 14.5. The summed E-state index contributed by atoms with van der Waals surface area (Å²) in [5.74, 6) is -0.186. The van der Waals surface area contributed by atoms with Crippen LogP contribution in [0.15, 0.2) is 71.6 Å². The number of carbonyl (C=O) groups excluding carboxylic acids is 1. The van der Waals surface area contributed by atoms with Gasteiger partial charge in [-0.05, 0) is 86.8 Å². The summed E-state index contributed by atoms with van der Waals surface area (Å²) in [4.78, 5) is 15.5. The Morgan fingerprint density at radius 3 is 2.26 bits per heavy atom. The van der Waals surface area contributed by atoms with E-state index in [-0.39, 0.29) is 10.8 Å². The third-order valence-corrected chi connectivity index (χ3v) is 7.85. The lowest BCUT2D eigenvalue weighted by atomic mass is 10.0. The van der Waals surface area contributed by atoms with E-state index in [1.165, 1.54) is 24.8 Å². The number of amides is 1. The molecule has 6 nitrogen and oxygen atoms in total. The van der Waals surface area contributed by atoms with E-state index in [2.05, 4.69) is 27.1 Å². The molecule has 184 valence electrons. The number of anilines is 1. The first kappa shape index (κ1) is 24.9. The van der Waals surface area contributed by atoms with Crippen LogP contribution >= 0.6 is 0 Å². The van der Waals surface area contributed by atoms with Crippen molar-refractivity contribution in [2.45, 2.75) is 51.1 Å². The van der Waals surface area contributed by atoms with Crippen LogP contribution in [0.2, 0.25) is 0 Å². The Hall–Kier alpha value is -3.16. The molecule has 7 heteroatoms. The van der Waals surface area contributed by atoms with Gasteiger partial charge in [-0.3, -0.25) is 14.4 Å². The van der Waals surface area contributed by atoms with Crippen molar-refractivity contribution >= 4 is 21.6 Å². The van der Waals surface area contributed by atoms with Gasteiger partial charge in [-0.2, -0.15) is 0 Å². The molecule has 1 aliphatic heterocycles. The lowest BCUT2D eigenvalue weighted by Crippen LogP contribution is -2.30. The zero-order chi connectivity index (χ0) is 24.8. The van der Waals surface area contributed by atoms with Crippen molar-refractivity contribution < 1.29 is 13.2 Å². The summed E-state index contributed by atoms with van der Waals surface area (Å²) in [6, 6.07) is 19.9. The standard InChI is InChI=1S/C28H33N3O3S/c1-21-10-13-26(14-11-21)35(33,34)30-27-15-12-23(18-22(27)2)28(32)29-19-24-8-4-5-9-25(24)20-31-16-6-3-7-17-31/h4-5,8-15,18,30H,3,6-7,16-17,19-20H2,1-2H3,(H,29,32). The topological polar surface area (TPSA) is 78.5 Å². The summed E-state index contributed by atoms with van der Waals surface area (Å²) in [6.07, 6.45) is 3.80. The molecule has 0 unspecified atom stereocenters. The Morgan fingerprint density at radius 2 is 1.57 bits per heavy atom. The van der Waals surface area contributed by atoms with Crippen LogP contribution in [0.25, 0.3) is 0 Å². The Morgan fingerprint density at radius 1 is 0.886 bits per heavy atom. The minimum Gasteiger partial charge on any atom is -0.348 e. The van der Waals surface area contributed by atoms with Crippen molar-refractivity contribution in [3.63, 3.8) is 0 Å². The molecule has 2 N–H and O–H groups in total. The average Bonchev–Trinajstić information content (AvgIpc) is 2.85. The molecule has 1 aliphatic rings. The molecule has 0 spiro atoms. The molecule has 35 heavy (non-hydrogen) atoms. The molecule has 3 aromatic rings. The van der Waals surface area contributed by atoms with E-state index in [9.17, 15) is 13.2 Å². The SMILES string of the molecule is Cc1ccc(S(=O)(=O)Nc2ccc(C(=O)NCc3ccccc3CN3CCCCC3)cc2C)cc1. The minimum absolute atomic E-state index is 0.186. The smallest absolute Gasteiger partial charge is 0.261 e. The number of benzene rings is 3. The first-order valence-corrected chi connectivity index (χ1v) is 13.6. The maximum Gasteiger partial charge on any atom is 0.261 e. The summed E-state index contributed by atoms with van der Waals surface area (Å²) in [7, 11) is -3.70. The molecule has 0 bridgehead atoms. The quantitative estimate of drug-likeness (QED) is 0.464. The van der Waals surface area contributed by atoms with Crippen LogP contribution in [0.5, 0.6) is 0 Å². The molecule has 4 rings (SSSR count). The van der Waals surface area contributed by atoms with Gasteiger partial charge in [0.05, 0.1) is 10.6 Å². The van der Waals surface area contributed by atoms with Crippen LogP contribution in [0.1, 0.15) is 51.9 Å². The van der Waals surface area contributed by atoms with Crippen LogP contribution in [0, 0.1) is 13.8 Å². The second-order valence-electron chi connectivity index (χ2n) is 9.24. The largest absolute Gasteiger partial charge is 0.348 e. The molecule has 1 fully saturated rings. The Balaban J connectivity index is 1.40. The van der Waals surface area contributed by atoms with Crippen molar-refractivity contribution in [2.75, 3.05) is 17.8 Å². The number of hydrogen-bond acceptors (Lipinski definition) is 4. The Bertz CT molecular complexity index is 1280. The number of piperidine rings is 1. The maximum absolute atomic E-state index is 12.9. The predicted octanol–water partition coefficient (Wildman–Crippen LogP) is 5.02. The Labute approximate surface area is 208 Å². The number of hydrogen-bond donors (Lipinski definition) is 2. The predicted molar refractivity (Wildman–Crippen MR) is 140 cm³/mol. The van der Waals surface area contributed by atoms with Gasteiger partial charge in [0, 0.05) is 18.7 Å². The van der Waals surface area contributed by atoms with Crippen molar-refractivity contribution in [2.24, 2.45) is 0 Å². The average molecular weight is 492 g/mol. The molecule has 1 saturated heterocycles. The summed E-state index contributed by atoms with van der Waals surface area (Å²) in [5, 5.41) is 3.02. The highest BCUT2D eigenvalue weighted by molar-refractivity contribution is 7.92. The highest BCUT2D eigenvalue weighted by Gasteiger charge is 2.17. The van der Waals surface area contributed by atoms with Gasteiger partial charge in [0.25, 0.3) is 15.9 Å². The van der Waals surface area contributed by atoms with E-state index in [4.69, 9.17) is 0 Å².